The fourth-order valence-corrected chi connectivity index (χ4v) is 2.48. The molecule has 94 valence electrons. The van der Waals surface area contributed by atoms with Crippen LogP contribution in [-0.4, -0.2) is 29.3 Å². The second-order valence-electron chi connectivity index (χ2n) is 4.74. The van der Waals surface area contributed by atoms with E-state index in [0.717, 1.165) is 30.6 Å². The number of pyridine rings is 1. The quantitative estimate of drug-likeness (QED) is 0.828. The van der Waals surface area contributed by atoms with Gasteiger partial charge in [-0.3, -0.25) is 4.98 Å². The van der Waals surface area contributed by atoms with Crippen molar-refractivity contribution in [3.05, 3.63) is 24.0 Å². The number of aliphatic hydroxyl groups excluding tert-OH is 1. The summed E-state index contributed by atoms with van der Waals surface area (Å²) in [5.41, 5.74) is 7.47. The van der Waals surface area contributed by atoms with Crippen molar-refractivity contribution >= 4 is 5.69 Å². The van der Waals surface area contributed by atoms with Crippen molar-refractivity contribution in [1.29, 1.82) is 0 Å². The molecule has 2 atom stereocenters. The van der Waals surface area contributed by atoms with Gasteiger partial charge in [-0.25, -0.2) is 0 Å². The topological polar surface area (TPSA) is 62.4 Å². The van der Waals surface area contributed by atoms with Crippen molar-refractivity contribution in [2.75, 3.05) is 11.9 Å². The van der Waals surface area contributed by atoms with Crippen LogP contribution in [0.2, 0.25) is 0 Å². The Morgan fingerprint density at radius 2 is 2.18 bits per heavy atom. The highest BCUT2D eigenvalue weighted by atomic mass is 16.3. The smallest absolute Gasteiger partial charge is 0.0743 e. The highest BCUT2D eigenvalue weighted by molar-refractivity contribution is 5.45. The van der Waals surface area contributed by atoms with Crippen LogP contribution in [0.3, 0.4) is 0 Å². The number of anilines is 1. The maximum atomic E-state index is 10.0. The average molecular weight is 235 g/mol. The second-order valence-corrected chi connectivity index (χ2v) is 4.74. The molecule has 0 bridgehead atoms. The number of hydrogen-bond donors (Lipinski definition) is 2. The fourth-order valence-electron chi connectivity index (χ4n) is 2.48. The molecule has 1 heterocycles. The number of nitrogens with two attached hydrogens (primary N) is 1. The minimum absolute atomic E-state index is 0.217. The van der Waals surface area contributed by atoms with Crippen LogP contribution in [0.15, 0.2) is 18.3 Å². The molecule has 1 saturated carbocycles. The molecule has 1 aromatic heterocycles. The van der Waals surface area contributed by atoms with Gasteiger partial charge in [0.05, 0.1) is 29.7 Å². The van der Waals surface area contributed by atoms with E-state index in [2.05, 4.69) is 9.88 Å². The van der Waals surface area contributed by atoms with Crippen LogP contribution in [0.25, 0.3) is 0 Å². The Bertz CT molecular complexity index is 352. The van der Waals surface area contributed by atoms with Gasteiger partial charge in [0, 0.05) is 13.6 Å². The number of rotatable bonds is 3. The van der Waals surface area contributed by atoms with Gasteiger partial charge in [0.15, 0.2) is 0 Å². The molecule has 4 heteroatoms. The van der Waals surface area contributed by atoms with Gasteiger partial charge in [0.1, 0.15) is 0 Å². The number of likely N-dealkylation sites (N-methyl/N-ethyl adjacent to an activating group) is 1. The summed E-state index contributed by atoms with van der Waals surface area (Å²) in [6.45, 7) is 0.468. The van der Waals surface area contributed by atoms with Crippen LogP contribution in [0.5, 0.6) is 0 Å². The third-order valence-corrected chi connectivity index (χ3v) is 3.62. The van der Waals surface area contributed by atoms with Gasteiger partial charge in [-0.05, 0) is 25.0 Å². The summed E-state index contributed by atoms with van der Waals surface area (Å²) in [5, 5.41) is 10.0. The largest absolute Gasteiger partial charge is 0.391 e. The summed E-state index contributed by atoms with van der Waals surface area (Å²) < 4.78 is 0. The molecular formula is C13H21N3O. The van der Waals surface area contributed by atoms with E-state index in [4.69, 9.17) is 5.73 Å². The van der Waals surface area contributed by atoms with Crippen LogP contribution in [0, 0.1) is 0 Å². The van der Waals surface area contributed by atoms with Crippen LogP contribution < -0.4 is 10.6 Å². The molecule has 1 aromatic rings. The lowest BCUT2D eigenvalue weighted by Crippen LogP contribution is -2.43. The second kappa shape index (κ2) is 5.47. The molecule has 1 fully saturated rings. The first-order valence-corrected chi connectivity index (χ1v) is 6.28. The monoisotopic (exact) mass is 235 g/mol. The Kier molecular flexibility index (Phi) is 3.97. The molecule has 1 aliphatic rings. The molecular weight excluding hydrogens is 214 g/mol. The zero-order valence-electron chi connectivity index (χ0n) is 10.3. The molecule has 3 N–H and O–H groups in total. The summed E-state index contributed by atoms with van der Waals surface area (Å²) in [6.07, 6.45) is 5.90. The van der Waals surface area contributed by atoms with Gasteiger partial charge in [-0.15, -0.1) is 0 Å². The fraction of sp³-hybridized carbons (Fsp3) is 0.615. The zero-order valence-corrected chi connectivity index (χ0v) is 10.3. The van der Waals surface area contributed by atoms with Gasteiger partial charge < -0.3 is 15.7 Å². The van der Waals surface area contributed by atoms with Crippen LogP contribution >= 0.6 is 0 Å². The molecule has 0 spiro atoms. The molecule has 0 amide bonds. The van der Waals surface area contributed by atoms with Crippen LogP contribution in [0.4, 0.5) is 5.69 Å². The summed E-state index contributed by atoms with van der Waals surface area (Å²) in [6, 6.07) is 4.19. The third-order valence-electron chi connectivity index (χ3n) is 3.62. The Hall–Kier alpha value is -1.13. The van der Waals surface area contributed by atoms with E-state index >= 15 is 0 Å². The summed E-state index contributed by atoms with van der Waals surface area (Å²) >= 11 is 0. The molecule has 0 saturated heterocycles. The minimum atomic E-state index is -0.220. The Balaban J connectivity index is 2.09. The highest BCUT2D eigenvalue weighted by Crippen LogP contribution is 2.26. The number of hydrogen-bond acceptors (Lipinski definition) is 4. The van der Waals surface area contributed by atoms with E-state index in [-0.39, 0.29) is 12.1 Å². The van der Waals surface area contributed by atoms with E-state index in [9.17, 15) is 5.11 Å². The summed E-state index contributed by atoms with van der Waals surface area (Å²) in [4.78, 5) is 6.43. The first kappa shape index (κ1) is 12.3. The van der Waals surface area contributed by atoms with E-state index in [1.54, 1.807) is 0 Å². The Labute approximate surface area is 102 Å². The van der Waals surface area contributed by atoms with Gasteiger partial charge in [-0.1, -0.05) is 12.8 Å². The molecule has 0 aromatic carbocycles. The SMILES string of the molecule is CN(c1ccc(CN)nc1)C1CCCCC1O. The molecule has 17 heavy (non-hydrogen) atoms. The Morgan fingerprint density at radius 3 is 2.76 bits per heavy atom. The Morgan fingerprint density at radius 1 is 1.41 bits per heavy atom. The molecule has 4 nitrogen and oxygen atoms in total. The first-order valence-electron chi connectivity index (χ1n) is 6.28. The van der Waals surface area contributed by atoms with Gasteiger partial charge in [0.25, 0.3) is 0 Å². The van der Waals surface area contributed by atoms with Crippen molar-refractivity contribution in [3.63, 3.8) is 0 Å². The molecule has 2 unspecified atom stereocenters. The maximum Gasteiger partial charge on any atom is 0.0743 e. The van der Waals surface area contributed by atoms with E-state index in [0.29, 0.717) is 6.54 Å². The predicted octanol–water partition coefficient (Wildman–Crippen LogP) is 1.28. The summed E-state index contributed by atoms with van der Waals surface area (Å²) in [5.74, 6) is 0. The predicted molar refractivity (Wildman–Crippen MR) is 68.8 cm³/mol. The summed E-state index contributed by atoms with van der Waals surface area (Å²) in [7, 11) is 2.03. The lowest BCUT2D eigenvalue weighted by atomic mass is 9.91. The van der Waals surface area contributed by atoms with Crippen LogP contribution in [-0.2, 0) is 6.54 Å². The first-order chi connectivity index (χ1) is 8.22. The van der Waals surface area contributed by atoms with E-state index in [1.165, 1.54) is 6.42 Å². The number of aromatic nitrogens is 1. The van der Waals surface area contributed by atoms with Gasteiger partial charge >= 0.3 is 0 Å². The van der Waals surface area contributed by atoms with Crippen molar-refractivity contribution in [2.45, 2.75) is 44.4 Å². The van der Waals surface area contributed by atoms with Gasteiger partial charge in [-0.2, -0.15) is 0 Å². The average Bonchev–Trinajstić information content (AvgIpc) is 2.39. The highest BCUT2D eigenvalue weighted by Gasteiger charge is 2.26. The molecule has 1 aliphatic carbocycles. The number of aliphatic hydroxyl groups is 1. The van der Waals surface area contributed by atoms with E-state index < -0.39 is 0 Å². The molecule has 0 radical (unpaired) electrons. The third kappa shape index (κ3) is 2.76. The van der Waals surface area contributed by atoms with Crippen molar-refractivity contribution < 1.29 is 5.11 Å². The molecule has 2 rings (SSSR count). The lowest BCUT2D eigenvalue weighted by Gasteiger charge is -2.36. The van der Waals surface area contributed by atoms with Gasteiger partial charge in [0.2, 0.25) is 0 Å². The zero-order chi connectivity index (χ0) is 12.3. The van der Waals surface area contributed by atoms with E-state index in [1.807, 2.05) is 25.4 Å². The standard InChI is InChI=1S/C13H21N3O/c1-16(12-4-2-3-5-13(12)17)11-7-6-10(8-14)15-9-11/h6-7,9,12-13,17H,2-5,8,14H2,1H3. The van der Waals surface area contributed by atoms with Crippen molar-refractivity contribution in [1.82, 2.24) is 4.98 Å². The normalized spacial score (nSPS) is 24.6. The minimum Gasteiger partial charge on any atom is -0.391 e. The maximum absolute atomic E-state index is 10.0. The van der Waals surface area contributed by atoms with Crippen molar-refractivity contribution in [2.24, 2.45) is 5.73 Å². The molecule has 0 aliphatic heterocycles. The lowest BCUT2D eigenvalue weighted by molar-refractivity contribution is 0.106. The van der Waals surface area contributed by atoms with Crippen LogP contribution in [0.1, 0.15) is 31.4 Å². The number of nitrogens with zero attached hydrogens (tertiary/aromatic N) is 2. The van der Waals surface area contributed by atoms with Crippen molar-refractivity contribution in [3.8, 4) is 0 Å².